The highest BCUT2D eigenvalue weighted by Crippen LogP contribution is 2.49. The molecule has 5 rings (SSSR count). The molecule has 0 bridgehead atoms. The summed E-state index contributed by atoms with van der Waals surface area (Å²) in [5.41, 5.74) is 6.92. The van der Waals surface area contributed by atoms with Crippen molar-refractivity contribution in [3.05, 3.63) is 81.7 Å². The van der Waals surface area contributed by atoms with Crippen molar-refractivity contribution in [2.24, 2.45) is 0 Å². The van der Waals surface area contributed by atoms with Gasteiger partial charge in [0, 0.05) is 23.6 Å². The van der Waals surface area contributed by atoms with Crippen LogP contribution in [0.2, 0.25) is 0 Å². The average Bonchev–Trinajstić information content (AvgIpc) is 3.22. The number of nitrogens with zero attached hydrogens (tertiary/aromatic N) is 1. The van der Waals surface area contributed by atoms with Crippen LogP contribution >= 0.6 is 0 Å². The predicted octanol–water partition coefficient (Wildman–Crippen LogP) is 6.08. The number of ether oxygens (including phenoxy) is 2. The van der Waals surface area contributed by atoms with Crippen LogP contribution in [0.4, 0.5) is 5.88 Å². The van der Waals surface area contributed by atoms with Crippen molar-refractivity contribution in [2.75, 3.05) is 19.5 Å². The Hall–Kier alpha value is -3.54. The van der Waals surface area contributed by atoms with Crippen LogP contribution in [0.25, 0.3) is 0 Å². The van der Waals surface area contributed by atoms with Crippen LogP contribution in [0.5, 0.6) is 11.5 Å². The van der Waals surface area contributed by atoms with Crippen LogP contribution in [0, 0.1) is 6.92 Å². The Morgan fingerprint density at radius 2 is 1.71 bits per heavy atom. The number of carbonyl (C=O) groups is 1. The minimum Gasteiger partial charge on any atom is -0.493 e. The number of hydrogen-bond acceptors (Lipinski definition) is 6. The maximum Gasteiger partial charge on any atom is 0.233 e. The van der Waals surface area contributed by atoms with Crippen LogP contribution < -0.4 is 14.8 Å². The van der Waals surface area contributed by atoms with E-state index in [1.165, 1.54) is 5.56 Å². The van der Waals surface area contributed by atoms with Crippen LogP contribution in [-0.4, -0.2) is 25.2 Å². The minimum absolute atomic E-state index is 0.0353. The molecule has 0 amide bonds. The first-order chi connectivity index (χ1) is 16.4. The van der Waals surface area contributed by atoms with Gasteiger partial charge in [0.05, 0.1) is 25.5 Å². The zero-order valence-electron chi connectivity index (χ0n) is 20.3. The van der Waals surface area contributed by atoms with Crippen LogP contribution in [0.1, 0.15) is 72.4 Å². The van der Waals surface area contributed by atoms with Crippen LogP contribution in [-0.2, 0) is 4.79 Å². The third-order valence-corrected chi connectivity index (χ3v) is 7.07. The number of aryl methyl sites for hydroxylation is 1. The second-order valence-corrected chi connectivity index (χ2v) is 9.43. The maximum atomic E-state index is 13.7. The molecule has 0 radical (unpaired) electrons. The summed E-state index contributed by atoms with van der Waals surface area (Å²) >= 11 is 0. The minimum atomic E-state index is -0.183. The van der Waals surface area contributed by atoms with Crippen molar-refractivity contribution < 1.29 is 18.8 Å². The van der Waals surface area contributed by atoms with E-state index in [9.17, 15) is 4.79 Å². The molecule has 2 atom stereocenters. The van der Waals surface area contributed by atoms with Gasteiger partial charge in [-0.1, -0.05) is 49.3 Å². The van der Waals surface area contributed by atoms with Crippen molar-refractivity contribution in [1.82, 2.24) is 5.16 Å². The van der Waals surface area contributed by atoms with Gasteiger partial charge in [0.2, 0.25) is 5.88 Å². The van der Waals surface area contributed by atoms with Gasteiger partial charge in [0.1, 0.15) is 0 Å². The van der Waals surface area contributed by atoms with E-state index in [4.69, 9.17) is 14.0 Å². The fraction of sp³-hybridized carbons (Fsp3) is 0.357. The summed E-state index contributed by atoms with van der Waals surface area (Å²) in [5.74, 6) is 2.43. The summed E-state index contributed by atoms with van der Waals surface area (Å²) in [7, 11) is 3.25. The smallest absolute Gasteiger partial charge is 0.233 e. The topological polar surface area (TPSA) is 73.6 Å². The monoisotopic (exact) mass is 458 g/mol. The molecule has 176 valence electrons. The van der Waals surface area contributed by atoms with Gasteiger partial charge in [-0.15, -0.1) is 0 Å². The molecular weight excluding hydrogens is 428 g/mol. The Balaban J connectivity index is 1.56. The third kappa shape index (κ3) is 3.67. The van der Waals surface area contributed by atoms with Crippen LogP contribution in [0.15, 0.2) is 58.3 Å². The first-order valence-electron chi connectivity index (χ1n) is 11.7. The summed E-state index contributed by atoms with van der Waals surface area (Å²) in [5, 5.41) is 7.62. The second kappa shape index (κ2) is 8.67. The first-order valence-corrected chi connectivity index (χ1v) is 11.7. The maximum absolute atomic E-state index is 13.7. The number of Topliss-reactive ketones (excluding diaryl/α,β-unsaturated/α-hetero) is 1. The van der Waals surface area contributed by atoms with Crippen molar-refractivity contribution in [3.8, 4) is 11.5 Å². The van der Waals surface area contributed by atoms with Crippen molar-refractivity contribution in [1.29, 1.82) is 0 Å². The molecule has 0 saturated heterocycles. The van der Waals surface area contributed by atoms with Gasteiger partial charge in [0.15, 0.2) is 17.3 Å². The summed E-state index contributed by atoms with van der Waals surface area (Å²) < 4.78 is 16.5. The SMILES string of the molecule is COc1ccc([C@@H]2CC(=O)C3=C(C2)Nc2onc(C)c2[C@H]3c2ccc(C(C)C)cc2)cc1OC. The lowest BCUT2D eigenvalue weighted by Crippen LogP contribution is -2.29. The molecular formula is C28H30N2O4. The van der Waals surface area contributed by atoms with Crippen LogP contribution in [0.3, 0.4) is 0 Å². The normalized spacial score (nSPS) is 19.5. The molecule has 0 saturated carbocycles. The predicted molar refractivity (Wildman–Crippen MR) is 131 cm³/mol. The zero-order chi connectivity index (χ0) is 24.0. The Labute approximate surface area is 199 Å². The Kier molecular flexibility index (Phi) is 5.68. The number of fused-ring (bicyclic) bond motifs is 1. The number of ketones is 1. The van der Waals surface area contributed by atoms with E-state index < -0.39 is 0 Å². The molecule has 2 heterocycles. The highest BCUT2D eigenvalue weighted by Gasteiger charge is 2.41. The number of anilines is 1. The number of aromatic nitrogens is 1. The first kappa shape index (κ1) is 22.3. The number of rotatable bonds is 5. The van der Waals surface area contributed by atoms with E-state index >= 15 is 0 Å². The van der Waals surface area contributed by atoms with E-state index in [0.717, 1.165) is 33.7 Å². The zero-order valence-corrected chi connectivity index (χ0v) is 20.3. The van der Waals surface area contributed by atoms with Gasteiger partial charge in [0.25, 0.3) is 0 Å². The third-order valence-electron chi connectivity index (χ3n) is 7.07. The number of benzene rings is 2. The summed E-state index contributed by atoms with van der Waals surface area (Å²) in [6, 6.07) is 14.5. The molecule has 34 heavy (non-hydrogen) atoms. The van der Waals surface area contributed by atoms with Gasteiger partial charge in [-0.3, -0.25) is 4.79 Å². The molecule has 2 aliphatic rings. The Bertz CT molecular complexity index is 1270. The molecule has 1 aromatic heterocycles. The summed E-state index contributed by atoms with van der Waals surface area (Å²) in [4.78, 5) is 13.7. The fourth-order valence-electron chi connectivity index (χ4n) is 5.22. The molecule has 2 aromatic carbocycles. The summed E-state index contributed by atoms with van der Waals surface area (Å²) in [6.45, 7) is 6.30. The molecule has 6 nitrogen and oxygen atoms in total. The van der Waals surface area contributed by atoms with E-state index in [-0.39, 0.29) is 17.6 Å². The second-order valence-electron chi connectivity index (χ2n) is 9.43. The van der Waals surface area contributed by atoms with Gasteiger partial charge in [-0.05, 0) is 54.0 Å². The molecule has 6 heteroatoms. The molecule has 1 aliphatic carbocycles. The van der Waals surface area contributed by atoms with E-state index in [0.29, 0.717) is 36.1 Å². The fourth-order valence-corrected chi connectivity index (χ4v) is 5.22. The van der Waals surface area contributed by atoms with Gasteiger partial charge >= 0.3 is 0 Å². The molecule has 1 N–H and O–H groups in total. The molecule has 0 fully saturated rings. The number of carbonyl (C=O) groups excluding carboxylic acids is 1. The number of nitrogens with one attached hydrogen (secondary N) is 1. The lowest BCUT2D eigenvalue weighted by molar-refractivity contribution is -0.116. The standard InChI is InChI=1S/C28H30N2O4/c1-15(2)17-6-8-18(9-7-17)26-25-16(3)30-34-28(25)29-21-12-20(13-22(31)27(21)26)19-10-11-23(32-4)24(14-19)33-5/h6-11,14-15,20,26,29H,12-13H2,1-5H3/t20-,26+/m0/s1. The van der Waals surface area contributed by atoms with Crippen molar-refractivity contribution in [3.63, 3.8) is 0 Å². The Morgan fingerprint density at radius 3 is 2.38 bits per heavy atom. The molecule has 3 aromatic rings. The van der Waals surface area contributed by atoms with E-state index in [1.54, 1.807) is 14.2 Å². The van der Waals surface area contributed by atoms with Crippen molar-refractivity contribution in [2.45, 2.75) is 51.4 Å². The van der Waals surface area contributed by atoms with E-state index in [1.807, 2.05) is 25.1 Å². The molecule has 1 aliphatic heterocycles. The lowest BCUT2D eigenvalue weighted by atomic mass is 9.72. The molecule has 0 spiro atoms. The van der Waals surface area contributed by atoms with Gasteiger partial charge in [-0.2, -0.15) is 0 Å². The molecule has 0 unspecified atom stereocenters. The lowest BCUT2D eigenvalue weighted by Gasteiger charge is -2.34. The highest BCUT2D eigenvalue weighted by molar-refractivity contribution is 6.01. The Morgan fingerprint density at radius 1 is 1.00 bits per heavy atom. The largest absolute Gasteiger partial charge is 0.493 e. The van der Waals surface area contributed by atoms with Gasteiger partial charge < -0.3 is 19.3 Å². The quantitative estimate of drug-likeness (QED) is 0.499. The number of methoxy groups -OCH3 is 2. The summed E-state index contributed by atoms with van der Waals surface area (Å²) in [6.07, 6.45) is 1.15. The van der Waals surface area contributed by atoms with Gasteiger partial charge in [-0.25, -0.2) is 0 Å². The average molecular weight is 459 g/mol. The van der Waals surface area contributed by atoms with E-state index in [2.05, 4.69) is 48.6 Å². The van der Waals surface area contributed by atoms with Crippen molar-refractivity contribution >= 4 is 11.7 Å². The number of allylic oxidation sites excluding steroid dienone is 2. The highest BCUT2D eigenvalue weighted by atomic mass is 16.5. The number of hydrogen-bond donors (Lipinski definition) is 1.